The highest BCUT2D eigenvalue weighted by atomic mass is 32.2. The first-order valence-corrected chi connectivity index (χ1v) is 8.70. The monoisotopic (exact) mass is 332 g/mol. The molecule has 1 aliphatic rings. The van der Waals surface area contributed by atoms with Crippen molar-refractivity contribution in [2.45, 2.75) is 19.3 Å². The number of hydrogen-bond acceptors (Lipinski definition) is 3. The second kappa shape index (κ2) is 6.70. The molecule has 1 aromatic carbocycles. The van der Waals surface area contributed by atoms with Gasteiger partial charge < -0.3 is 5.32 Å². The molecule has 0 heterocycles. The third-order valence-electron chi connectivity index (χ3n) is 3.53. The molecule has 0 bridgehead atoms. The van der Waals surface area contributed by atoms with Crippen molar-refractivity contribution >= 4 is 15.9 Å². The summed E-state index contributed by atoms with van der Waals surface area (Å²) in [7, 11) is -3.40. The van der Waals surface area contributed by atoms with E-state index in [0.29, 0.717) is 6.42 Å². The largest absolute Gasteiger partial charge is 0.355 e. The van der Waals surface area contributed by atoms with Gasteiger partial charge in [0.1, 0.15) is 11.6 Å². The maximum Gasteiger partial charge on any atom is 0.223 e. The van der Waals surface area contributed by atoms with Gasteiger partial charge >= 0.3 is 0 Å². The molecule has 2 N–H and O–H groups in total. The van der Waals surface area contributed by atoms with Crippen LogP contribution in [0.4, 0.5) is 8.78 Å². The van der Waals surface area contributed by atoms with Crippen molar-refractivity contribution in [3.63, 3.8) is 0 Å². The molecule has 0 radical (unpaired) electrons. The predicted octanol–water partition coefficient (Wildman–Crippen LogP) is 1.12. The number of sulfonamides is 1. The number of benzene rings is 1. The number of carbonyl (C=O) groups excluding carboxylic acids is 1. The summed E-state index contributed by atoms with van der Waals surface area (Å²) in [4.78, 5) is 11.9. The zero-order chi connectivity index (χ0) is 16.3. The van der Waals surface area contributed by atoms with Crippen LogP contribution >= 0.6 is 0 Å². The fraction of sp³-hybridized carbons (Fsp3) is 0.500. The van der Waals surface area contributed by atoms with Crippen LogP contribution < -0.4 is 10.0 Å². The Bertz CT molecular complexity index is 644. The first-order valence-electron chi connectivity index (χ1n) is 7.04. The zero-order valence-electron chi connectivity index (χ0n) is 12.1. The molecule has 122 valence electrons. The number of halogens is 2. The topological polar surface area (TPSA) is 75.3 Å². The van der Waals surface area contributed by atoms with Gasteiger partial charge in [-0.05, 0) is 18.6 Å². The van der Waals surface area contributed by atoms with Gasteiger partial charge in [0, 0.05) is 30.5 Å². The molecule has 0 spiro atoms. The smallest absolute Gasteiger partial charge is 0.223 e. The lowest BCUT2D eigenvalue weighted by molar-refractivity contribution is -0.122. The van der Waals surface area contributed by atoms with Gasteiger partial charge in [0.25, 0.3) is 0 Å². The molecule has 2 atom stereocenters. The van der Waals surface area contributed by atoms with E-state index in [-0.39, 0.29) is 30.3 Å². The van der Waals surface area contributed by atoms with E-state index in [0.717, 1.165) is 12.1 Å². The number of nitrogens with one attached hydrogen (secondary N) is 2. The van der Waals surface area contributed by atoms with Gasteiger partial charge in [0.2, 0.25) is 15.9 Å². The van der Waals surface area contributed by atoms with Gasteiger partial charge in [-0.1, -0.05) is 13.0 Å². The molecule has 2 rings (SSSR count). The van der Waals surface area contributed by atoms with E-state index in [4.69, 9.17) is 0 Å². The highest BCUT2D eigenvalue weighted by Gasteiger charge is 2.46. The number of hydrogen-bond donors (Lipinski definition) is 2. The van der Waals surface area contributed by atoms with Crippen LogP contribution in [-0.4, -0.2) is 33.2 Å². The standard InChI is InChI=1S/C14H18F2N2O3S/c1-2-18-22(20,21)7-6-17-14(19)10-8-9(10)13-11(15)4-3-5-12(13)16/h3-5,9-10,18H,2,6-8H2,1H3,(H,17,19)/t9-,10-/m0/s1. The van der Waals surface area contributed by atoms with E-state index in [1.54, 1.807) is 6.92 Å². The van der Waals surface area contributed by atoms with Gasteiger partial charge in [-0.2, -0.15) is 0 Å². The van der Waals surface area contributed by atoms with E-state index in [2.05, 4.69) is 10.0 Å². The Kier molecular flexibility index (Phi) is 5.12. The van der Waals surface area contributed by atoms with Crippen LogP contribution in [0.5, 0.6) is 0 Å². The molecule has 1 fully saturated rings. The first kappa shape index (κ1) is 16.8. The van der Waals surface area contributed by atoms with Crippen LogP contribution in [0.25, 0.3) is 0 Å². The fourth-order valence-electron chi connectivity index (χ4n) is 2.40. The summed E-state index contributed by atoms with van der Waals surface area (Å²) in [5, 5.41) is 2.49. The van der Waals surface area contributed by atoms with Crippen LogP contribution in [0, 0.1) is 17.6 Å². The van der Waals surface area contributed by atoms with Crippen molar-refractivity contribution in [2.24, 2.45) is 5.92 Å². The van der Waals surface area contributed by atoms with Crippen molar-refractivity contribution in [2.75, 3.05) is 18.8 Å². The molecule has 22 heavy (non-hydrogen) atoms. The lowest BCUT2D eigenvalue weighted by Gasteiger charge is -2.07. The minimum atomic E-state index is -3.40. The van der Waals surface area contributed by atoms with Gasteiger partial charge in [0.15, 0.2) is 0 Å². The SMILES string of the molecule is CCNS(=O)(=O)CCNC(=O)[C@H]1C[C@@H]1c1c(F)cccc1F. The molecule has 1 aromatic rings. The first-order chi connectivity index (χ1) is 10.4. The lowest BCUT2D eigenvalue weighted by Crippen LogP contribution is -2.35. The Morgan fingerprint density at radius 2 is 1.95 bits per heavy atom. The van der Waals surface area contributed by atoms with E-state index >= 15 is 0 Å². The van der Waals surface area contributed by atoms with E-state index in [1.165, 1.54) is 6.07 Å². The molecule has 1 aliphatic carbocycles. The second-order valence-corrected chi connectivity index (χ2v) is 7.12. The van der Waals surface area contributed by atoms with Crippen molar-refractivity contribution in [3.8, 4) is 0 Å². The van der Waals surface area contributed by atoms with Gasteiger partial charge in [0.05, 0.1) is 5.75 Å². The fourth-order valence-corrected chi connectivity index (χ4v) is 3.36. The summed E-state index contributed by atoms with van der Waals surface area (Å²) in [6, 6.07) is 3.60. The highest BCUT2D eigenvalue weighted by molar-refractivity contribution is 7.89. The maximum absolute atomic E-state index is 13.6. The summed E-state index contributed by atoms with van der Waals surface area (Å²) in [5.41, 5.74) is -0.0667. The lowest BCUT2D eigenvalue weighted by atomic mass is 10.1. The zero-order valence-corrected chi connectivity index (χ0v) is 12.9. The second-order valence-electron chi connectivity index (χ2n) is 5.19. The Labute approximate surface area is 128 Å². The van der Waals surface area contributed by atoms with E-state index < -0.39 is 33.5 Å². The molecule has 1 amide bonds. The average molecular weight is 332 g/mol. The van der Waals surface area contributed by atoms with Crippen LogP contribution in [0.15, 0.2) is 18.2 Å². The Morgan fingerprint density at radius 1 is 1.32 bits per heavy atom. The molecule has 0 aliphatic heterocycles. The maximum atomic E-state index is 13.6. The molecule has 8 heteroatoms. The van der Waals surface area contributed by atoms with Gasteiger partial charge in [-0.3, -0.25) is 4.79 Å². The Morgan fingerprint density at radius 3 is 2.55 bits per heavy atom. The quantitative estimate of drug-likeness (QED) is 0.786. The van der Waals surface area contributed by atoms with Crippen LogP contribution in [0.1, 0.15) is 24.8 Å². The van der Waals surface area contributed by atoms with Crippen molar-refractivity contribution in [3.05, 3.63) is 35.4 Å². The third-order valence-corrected chi connectivity index (χ3v) is 5.00. The summed E-state index contributed by atoms with van der Waals surface area (Å²) in [6.07, 6.45) is 0.365. The van der Waals surface area contributed by atoms with Gasteiger partial charge in [-0.15, -0.1) is 0 Å². The van der Waals surface area contributed by atoms with Crippen LogP contribution in [0.2, 0.25) is 0 Å². The average Bonchev–Trinajstić information content (AvgIpc) is 3.18. The molecule has 0 saturated heterocycles. The minimum absolute atomic E-state index is 0.0306. The number of rotatable bonds is 7. The van der Waals surface area contributed by atoms with Crippen molar-refractivity contribution in [1.82, 2.24) is 10.0 Å². The van der Waals surface area contributed by atoms with Crippen LogP contribution in [0.3, 0.4) is 0 Å². The number of amides is 1. The van der Waals surface area contributed by atoms with Crippen molar-refractivity contribution < 1.29 is 22.0 Å². The highest BCUT2D eigenvalue weighted by Crippen LogP contribution is 2.49. The Hall–Kier alpha value is -1.54. The van der Waals surface area contributed by atoms with Crippen molar-refractivity contribution in [1.29, 1.82) is 0 Å². The normalized spacial score (nSPS) is 20.7. The van der Waals surface area contributed by atoms with E-state index in [9.17, 15) is 22.0 Å². The number of carbonyl (C=O) groups is 1. The predicted molar refractivity (Wildman–Crippen MR) is 77.7 cm³/mol. The summed E-state index contributed by atoms with van der Waals surface area (Å²) >= 11 is 0. The molecular weight excluding hydrogens is 314 g/mol. The van der Waals surface area contributed by atoms with Gasteiger partial charge in [-0.25, -0.2) is 21.9 Å². The summed E-state index contributed by atoms with van der Waals surface area (Å²) in [6.45, 7) is 1.92. The molecule has 0 aromatic heterocycles. The van der Waals surface area contributed by atoms with E-state index in [1.807, 2.05) is 0 Å². The molecule has 5 nitrogen and oxygen atoms in total. The minimum Gasteiger partial charge on any atom is -0.355 e. The molecular formula is C14H18F2N2O3S. The van der Waals surface area contributed by atoms with Crippen LogP contribution in [-0.2, 0) is 14.8 Å². The summed E-state index contributed by atoms with van der Waals surface area (Å²) < 4.78 is 52.4. The Balaban J connectivity index is 1.87. The third kappa shape index (κ3) is 4.01. The summed E-state index contributed by atoms with van der Waals surface area (Å²) in [5.74, 6) is -2.90. The molecule has 0 unspecified atom stereocenters. The molecule has 1 saturated carbocycles.